The molecule has 4 heteroatoms. The topological polar surface area (TPSA) is 35.2 Å². The van der Waals surface area contributed by atoms with Gasteiger partial charge in [-0.1, -0.05) is 27.5 Å². The van der Waals surface area contributed by atoms with Gasteiger partial charge in [0.05, 0.1) is 6.10 Å². The Labute approximate surface area is 122 Å². The molecular formula is C14H19BrClNO. The maximum absolute atomic E-state index is 6.22. The summed E-state index contributed by atoms with van der Waals surface area (Å²) in [5.74, 6) is 0. The number of halogens is 2. The highest BCUT2D eigenvalue weighted by atomic mass is 79.9. The van der Waals surface area contributed by atoms with Crippen LogP contribution in [0.4, 0.5) is 0 Å². The van der Waals surface area contributed by atoms with E-state index in [0.29, 0.717) is 6.10 Å². The molecule has 2 nitrogen and oxygen atoms in total. The van der Waals surface area contributed by atoms with Crippen molar-refractivity contribution < 1.29 is 4.74 Å². The summed E-state index contributed by atoms with van der Waals surface area (Å²) in [5.41, 5.74) is 7.31. The first-order chi connectivity index (χ1) is 8.66. The zero-order chi connectivity index (χ0) is 13.0. The summed E-state index contributed by atoms with van der Waals surface area (Å²) in [6, 6.07) is 5.81. The number of hydrogen-bond acceptors (Lipinski definition) is 2. The summed E-state index contributed by atoms with van der Waals surface area (Å²) >= 11 is 9.53. The van der Waals surface area contributed by atoms with Gasteiger partial charge in [0.2, 0.25) is 0 Å². The van der Waals surface area contributed by atoms with Gasteiger partial charge in [0.25, 0.3) is 0 Å². The number of rotatable bonds is 5. The second kappa shape index (κ2) is 6.90. The Hall–Kier alpha value is -0.0900. The normalized spacial score (nSPS) is 21.2. The molecule has 100 valence electrons. The lowest BCUT2D eigenvalue weighted by atomic mass is 10.00. The van der Waals surface area contributed by atoms with Gasteiger partial charge in [0, 0.05) is 22.1 Å². The first kappa shape index (κ1) is 14.3. The van der Waals surface area contributed by atoms with Crippen LogP contribution in [0.25, 0.3) is 0 Å². The quantitative estimate of drug-likeness (QED) is 0.864. The zero-order valence-corrected chi connectivity index (χ0v) is 12.7. The number of nitrogens with two attached hydrogens (primary N) is 1. The Morgan fingerprint density at radius 1 is 1.50 bits per heavy atom. The van der Waals surface area contributed by atoms with E-state index in [1.807, 2.05) is 18.2 Å². The Morgan fingerprint density at radius 3 is 3.06 bits per heavy atom. The summed E-state index contributed by atoms with van der Waals surface area (Å²) in [7, 11) is 0. The van der Waals surface area contributed by atoms with Gasteiger partial charge in [-0.15, -0.1) is 0 Å². The van der Waals surface area contributed by atoms with Crippen LogP contribution in [0.3, 0.4) is 0 Å². The highest BCUT2D eigenvalue weighted by Gasteiger charge is 2.16. The average Bonchev–Trinajstić information content (AvgIpc) is 2.85. The lowest BCUT2D eigenvalue weighted by molar-refractivity contribution is 0.101. The SMILES string of the molecule is NC(CCCC1CCCO1)c1cc(Cl)ccc1Br. The molecule has 1 aromatic carbocycles. The van der Waals surface area contributed by atoms with Gasteiger partial charge < -0.3 is 10.5 Å². The first-order valence-corrected chi connectivity index (χ1v) is 7.66. The molecule has 0 aromatic heterocycles. The zero-order valence-electron chi connectivity index (χ0n) is 10.4. The van der Waals surface area contributed by atoms with Gasteiger partial charge in [-0.05, 0) is 55.9 Å². The van der Waals surface area contributed by atoms with E-state index < -0.39 is 0 Å². The maximum Gasteiger partial charge on any atom is 0.0576 e. The van der Waals surface area contributed by atoms with Crippen LogP contribution in [0.5, 0.6) is 0 Å². The van der Waals surface area contributed by atoms with E-state index in [1.165, 1.54) is 12.8 Å². The van der Waals surface area contributed by atoms with Crippen molar-refractivity contribution in [3.63, 3.8) is 0 Å². The molecule has 0 amide bonds. The summed E-state index contributed by atoms with van der Waals surface area (Å²) in [6.07, 6.45) is 6.06. The molecule has 0 aliphatic carbocycles. The van der Waals surface area contributed by atoms with Gasteiger partial charge in [-0.2, -0.15) is 0 Å². The summed E-state index contributed by atoms with van der Waals surface area (Å²) in [6.45, 7) is 0.927. The average molecular weight is 333 g/mol. The molecule has 1 aliphatic heterocycles. The fourth-order valence-corrected chi connectivity index (χ4v) is 3.11. The number of hydrogen-bond donors (Lipinski definition) is 1. The van der Waals surface area contributed by atoms with E-state index in [4.69, 9.17) is 22.1 Å². The van der Waals surface area contributed by atoms with Gasteiger partial charge in [0.15, 0.2) is 0 Å². The molecule has 2 N–H and O–H groups in total. The van der Waals surface area contributed by atoms with E-state index in [9.17, 15) is 0 Å². The van der Waals surface area contributed by atoms with Gasteiger partial charge in [-0.25, -0.2) is 0 Å². The molecule has 1 saturated heterocycles. The monoisotopic (exact) mass is 331 g/mol. The first-order valence-electron chi connectivity index (χ1n) is 6.49. The van der Waals surface area contributed by atoms with Crippen LogP contribution in [0, 0.1) is 0 Å². The van der Waals surface area contributed by atoms with Crippen LogP contribution >= 0.6 is 27.5 Å². The van der Waals surface area contributed by atoms with Crippen molar-refractivity contribution in [3.8, 4) is 0 Å². The third kappa shape index (κ3) is 3.95. The molecule has 2 unspecified atom stereocenters. The predicted octanol–water partition coefficient (Wildman–Crippen LogP) is 4.45. The fourth-order valence-electron chi connectivity index (χ4n) is 2.39. The minimum Gasteiger partial charge on any atom is -0.378 e. The van der Waals surface area contributed by atoms with Crippen LogP contribution in [0.1, 0.15) is 43.7 Å². The molecule has 2 rings (SSSR count). The third-order valence-electron chi connectivity index (χ3n) is 3.42. The van der Waals surface area contributed by atoms with Crippen molar-refractivity contribution in [2.75, 3.05) is 6.61 Å². The molecule has 1 aromatic rings. The molecule has 0 spiro atoms. The van der Waals surface area contributed by atoms with Crippen molar-refractivity contribution in [2.45, 2.75) is 44.2 Å². The minimum atomic E-state index is 0.0412. The molecule has 0 bridgehead atoms. The van der Waals surface area contributed by atoms with Crippen LogP contribution in [-0.4, -0.2) is 12.7 Å². The van der Waals surface area contributed by atoms with Crippen LogP contribution < -0.4 is 5.73 Å². The lowest BCUT2D eigenvalue weighted by Crippen LogP contribution is -2.12. The molecule has 1 heterocycles. The van der Waals surface area contributed by atoms with E-state index in [2.05, 4.69) is 15.9 Å². The highest BCUT2D eigenvalue weighted by Crippen LogP contribution is 2.29. The molecule has 2 atom stereocenters. The molecule has 0 radical (unpaired) electrons. The van der Waals surface area contributed by atoms with Crippen molar-refractivity contribution in [1.29, 1.82) is 0 Å². The third-order valence-corrected chi connectivity index (χ3v) is 4.38. The van der Waals surface area contributed by atoms with Crippen molar-refractivity contribution in [2.24, 2.45) is 5.73 Å². The van der Waals surface area contributed by atoms with Crippen LogP contribution in [0.2, 0.25) is 5.02 Å². The molecule has 18 heavy (non-hydrogen) atoms. The van der Waals surface area contributed by atoms with E-state index in [1.54, 1.807) is 0 Å². The number of ether oxygens (including phenoxy) is 1. The van der Waals surface area contributed by atoms with Gasteiger partial charge >= 0.3 is 0 Å². The molecular weight excluding hydrogens is 314 g/mol. The Balaban J connectivity index is 1.83. The van der Waals surface area contributed by atoms with Crippen molar-refractivity contribution in [1.82, 2.24) is 0 Å². The molecule has 1 fully saturated rings. The van der Waals surface area contributed by atoms with Gasteiger partial charge in [0.1, 0.15) is 0 Å². The maximum atomic E-state index is 6.22. The standard InChI is InChI=1S/C14H19BrClNO/c15-13-7-6-10(16)9-12(13)14(17)5-1-3-11-4-2-8-18-11/h6-7,9,11,14H,1-5,8,17H2. The molecule has 0 saturated carbocycles. The Kier molecular flexibility index (Phi) is 5.49. The largest absolute Gasteiger partial charge is 0.378 e. The van der Waals surface area contributed by atoms with Crippen molar-refractivity contribution in [3.05, 3.63) is 33.3 Å². The van der Waals surface area contributed by atoms with Crippen LogP contribution in [-0.2, 0) is 4.74 Å². The van der Waals surface area contributed by atoms with Crippen molar-refractivity contribution >= 4 is 27.5 Å². The molecule has 1 aliphatic rings. The lowest BCUT2D eigenvalue weighted by Gasteiger charge is -2.15. The van der Waals surface area contributed by atoms with Crippen LogP contribution in [0.15, 0.2) is 22.7 Å². The Morgan fingerprint density at radius 2 is 2.33 bits per heavy atom. The van der Waals surface area contributed by atoms with E-state index in [-0.39, 0.29) is 6.04 Å². The summed E-state index contributed by atoms with van der Waals surface area (Å²) < 4.78 is 6.65. The predicted molar refractivity (Wildman–Crippen MR) is 78.9 cm³/mol. The van der Waals surface area contributed by atoms with Gasteiger partial charge in [-0.3, -0.25) is 0 Å². The van der Waals surface area contributed by atoms with E-state index >= 15 is 0 Å². The summed E-state index contributed by atoms with van der Waals surface area (Å²) in [4.78, 5) is 0. The number of benzene rings is 1. The summed E-state index contributed by atoms with van der Waals surface area (Å²) in [5, 5.41) is 0.739. The Bertz CT molecular complexity index is 393. The highest BCUT2D eigenvalue weighted by molar-refractivity contribution is 9.10. The van der Waals surface area contributed by atoms with E-state index in [0.717, 1.165) is 40.9 Å². The fraction of sp³-hybridized carbons (Fsp3) is 0.571. The second-order valence-corrected chi connectivity index (χ2v) is 6.13. The smallest absolute Gasteiger partial charge is 0.0576 e. The minimum absolute atomic E-state index is 0.0412. The second-order valence-electron chi connectivity index (χ2n) is 4.84.